The third-order valence-electron chi connectivity index (χ3n) is 6.23. The average molecular weight is 471 g/mol. The maximum Gasteiger partial charge on any atom is 0.417 e. The zero-order valence-electron chi connectivity index (χ0n) is 17.3. The van der Waals surface area contributed by atoms with Crippen LogP contribution in [0.3, 0.4) is 0 Å². The van der Waals surface area contributed by atoms with Gasteiger partial charge in [0.15, 0.2) is 0 Å². The van der Waals surface area contributed by atoms with Gasteiger partial charge >= 0.3 is 6.18 Å². The van der Waals surface area contributed by atoms with Gasteiger partial charge in [0.2, 0.25) is 21.8 Å². The van der Waals surface area contributed by atoms with E-state index in [0.717, 1.165) is 10.6 Å². The molecular formula is C20H20F3N3O5S. The van der Waals surface area contributed by atoms with E-state index < -0.39 is 56.3 Å². The second-order valence-electron chi connectivity index (χ2n) is 8.29. The molecule has 4 rings (SSSR count). The van der Waals surface area contributed by atoms with Crippen LogP contribution in [0.1, 0.15) is 49.4 Å². The topological polar surface area (TPSA) is 125 Å². The van der Waals surface area contributed by atoms with Gasteiger partial charge in [0.1, 0.15) is 5.60 Å². The predicted octanol–water partition coefficient (Wildman–Crippen LogP) is 2.95. The molecule has 32 heavy (non-hydrogen) atoms. The molecule has 1 aromatic carbocycles. The number of rotatable bonds is 4. The first kappa shape index (κ1) is 22.4. The van der Waals surface area contributed by atoms with Crippen molar-refractivity contribution in [2.75, 3.05) is 5.75 Å². The zero-order valence-corrected chi connectivity index (χ0v) is 18.1. The lowest BCUT2D eigenvalue weighted by atomic mass is 9.77. The van der Waals surface area contributed by atoms with Crippen LogP contribution in [-0.2, 0) is 32.1 Å². The minimum atomic E-state index is -4.83. The van der Waals surface area contributed by atoms with Crippen LogP contribution in [0.4, 0.5) is 13.2 Å². The number of nitrogens with one attached hydrogen (secondary N) is 1. The van der Waals surface area contributed by atoms with Crippen molar-refractivity contribution in [3.8, 4) is 23.5 Å². The molecule has 3 atom stereocenters. The first-order chi connectivity index (χ1) is 14.7. The Morgan fingerprint density at radius 2 is 1.91 bits per heavy atom. The van der Waals surface area contributed by atoms with Crippen molar-refractivity contribution in [1.29, 1.82) is 5.26 Å². The molecule has 0 saturated carbocycles. The Morgan fingerprint density at radius 3 is 2.47 bits per heavy atom. The highest BCUT2D eigenvalue weighted by atomic mass is 32.2. The maximum atomic E-state index is 13.4. The third kappa shape index (κ3) is 2.99. The van der Waals surface area contributed by atoms with E-state index in [9.17, 15) is 31.8 Å². The molecule has 12 heteroatoms. The fourth-order valence-electron chi connectivity index (χ4n) is 4.76. The Labute approximate surface area is 181 Å². The second kappa shape index (κ2) is 6.63. The zero-order chi connectivity index (χ0) is 23.9. The van der Waals surface area contributed by atoms with Crippen molar-refractivity contribution >= 4 is 10.0 Å². The van der Waals surface area contributed by atoms with Crippen LogP contribution in [0.5, 0.6) is 11.8 Å². The lowest BCUT2D eigenvalue weighted by molar-refractivity contribution is -0.137. The van der Waals surface area contributed by atoms with Gasteiger partial charge < -0.3 is 14.9 Å². The molecule has 1 aromatic heterocycles. The molecule has 3 N–H and O–H groups in total. The number of aromatic nitrogens is 1. The van der Waals surface area contributed by atoms with Gasteiger partial charge in [0, 0.05) is 6.42 Å². The summed E-state index contributed by atoms with van der Waals surface area (Å²) in [5.74, 6) is -1.26. The summed E-state index contributed by atoms with van der Waals surface area (Å²) < 4.78 is 74.0. The molecule has 2 aliphatic rings. The van der Waals surface area contributed by atoms with Crippen molar-refractivity contribution in [3.63, 3.8) is 0 Å². The van der Waals surface area contributed by atoms with Crippen LogP contribution < -0.4 is 4.72 Å². The second-order valence-corrected chi connectivity index (χ2v) is 10.3. The molecule has 172 valence electrons. The number of hydrogen-bond donors (Lipinski definition) is 3. The molecule has 0 aliphatic carbocycles. The minimum Gasteiger partial charge on any atom is -0.494 e. The smallest absolute Gasteiger partial charge is 0.417 e. The summed E-state index contributed by atoms with van der Waals surface area (Å²) in [6.45, 7) is 4.63. The van der Waals surface area contributed by atoms with Crippen LogP contribution in [-0.4, -0.2) is 35.0 Å². The Morgan fingerprint density at radius 1 is 1.28 bits per heavy atom. The first-order valence-corrected chi connectivity index (χ1v) is 11.3. The van der Waals surface area contributed by atoms with Crippen LogP contribution in [0.25, 0.3) is 5.69 Å². The summed E-state index contributed by atoms with van der Waals surface area (Å²) in [6.07, 6.45) is -4.68. The molecule has 1 unspecified atom stereocenters. The highest BCUT2D eigenvalue weighted by Gasteiger charge is 2.65. The van der Waals surface area contributed by atoms with Crippen molar-refractivity contribution < 1.29 is 36.5 Å². The van der Waals surface area contributed by atoms with Crippen molar-refractivity contribution in [3.05, 3.63) is 40.5 Å². The summed E-state index contributed by atoms with van der Waals surface area (Å²) in [7, 11) is -3.63. The molecule has 2 aromatic rings. The van der Waals surface area contributed by atoms with Crippen molar-refractivity contribution in [1.82, 2.24) is 9.29 Å². The fourth-order valence-corrected chi connectivity index (χ4v) is 5.67. The van der Waals surface area contributed by atoms with Gasteiger partial charge in [0.05, 0.1) is 51.4 Å². The van der Waals surface area contributed by atoms with Gasteiger partial charge in [-0.25, -0.2) is 13.1 Å². The van der Waals surface area contributed by atoms with E-state index in [1.54, 1.807) is 13.8 Å². The van der Waals surface area contributed by atoms with E-state index in [0.29, 0.717) is 6.07 Å². The van der Waals surface area contributed by atoms with Gasteiger partial charge in [-0.2, -0.15) is 18.4 Å². The molecular weight excluding hydrogens is 451 g/mol. The minimum absolute atomic E-state index is 0.102. The number of fused-ring (bicyclic) bond motifs is 5. The maximum absolute atomic E-state index is 13.4. The molecule has 8 nitrogen and oxygen atoms in total. The molecule has 1 fully saturated rings. The van der Waals surface area contributed by atoms with Crippen LogP contribution in [0.15, 0.2) is 18.2 Å². The highest BCUT2D eigenvalue weighted by Crippen LogP contribution is 2.64. The van der Waals surface area contributed by atoms with E-state index in [-0.39, 0.29) is 29.0 Å². The summed E-state index contributed by atoms with van der Waals surface area (Å²) >= 11 is 0. The van der Waals surface area contributed by atoms with Gasteiger partial charge in [-0.1, -0.05) is 0 Å². The Kier molecular flexibility index (Phi) is 4.65. The van der Waals surface area contributed by atoms with E-state index in [1.807, 2.05) is 0 Å². The summed E-state index contributed by atoms with van der Waals surface area (Å²) in [5, 5.41) is 30.9. The van der Waals surface area contributed by atoms with Crippen molar-refractivity contribution in [2.24, 2.45) is 0 Å². The quantitative estimate of drug-likeness (QED) is 0.630. The molecule has 3 heterocycles. The molecule has 2 bridgehead atoms. The number of ether oxygens (including phenoxy) is 1. The van der Waals surface area contributed by atoms with Gasteiger partial charge in [-0.15, -0.1) is 0 Å². The first-order valence-electron chi connectivity index (χ1n) is 9.68. The number of halogens is 3. The number of sulfonamides is 1. The van der Waals surface area contributed by atoms with Crippen LogP contribution >= 0.6 is 0 Å². The highest BCUT2D eigenvalue weighted by molar-refractivity contribution is 7.89. The van der Waals surface area contributed by atoms with E-state index in [2.05, 4.69) is 4.72 Å². The molecule has 0 spiro atoms. The Balaban J connectivity index is 1.90. The lowest BCUT2D eigenvalue weighted by Gasteiger charge is -2.30. The van der Waals surface area contributed by atoms with E-state index >= 15 is 0 Å². The standard InChI is InChI=1S/C20H20F3N3O5S/c1-4-32(29,30)25-13-8-18(2)14-15(19(13,3)31-18)17(28)26(16(14)27)11-6-5-10(9-24)12(7-11)20(21,22)23/h5-7,13,25,27-28H,4,8H2,1-3H3/t13?,18-,19+/m1/s1. The molecule has 1 saturated heterocycles. The average Bonchev–Trinajstić information content (AvgIpc) is 3.21. The van der Waals surface area contributed by atoms with Crippen molar-refractivity contribution in [2.45, 2.75) is 50.6 Å². The number of benzene rings is 1. The summed E-state index contributed by atoms with van der Waals surface area (Å²) in [4.78, 5) is 0. The van der Waals surface area contributed by atoms with E-state index in [1.165, 1.54) is 19.1 Å². The molecule has 0 amide bonds. The fraction of sp³-hybridized carbons (Fsp3) is 0.450. The normalized spacial score (nSPS) is 26.8. The third-order valence-corrected chi connectivity index (χ3v) is 7.63. The number of alkyl halides is 3. The molecule has 2 aliphatic heterocycles. The van der Waals surface area contributed by atoms with Gasteiger partial charge in [0.25, 0.3) is 0 Å². The van der Waals surface area contributed by atoms with Crippen LogP contribution in [0, 0.1) is 11.3 Å². The van der Waals surface area contributed by atoms with E-state index in [4.69, 9.17) is 10.00 Å². The van der Waals surface area contributed by atoms with Gasteiger partial charge in [-0.3, -0.25) is 4.57 Å². The largest absolute Gasteiger partial charge is 0.494 e. The monoisotopic (exact) mass is 471 g/mol. The SMILES string of the molecule is CCS(=O)(=O)NC1C[C@@]2(C)O[C@]1(C)c1c2c(O)n(-c2ccc(C#N)c(C(F)(F)F)c2)c1O. The number of aromatic hydroxyl groups is 2. The number of hydrogen-bond acceptors (Lipinski definition) is 6. The Bertz CT molecular complexity index is 1280. The summed E-state index contributed by atoms with van der Waals surface area (Å²) in [5.41, 5.74) is -4.28. The lowest BCUT2D eigenvalue weighted by Crippen LogP contribution is -2.47. The molecule has 0 radical (unpaired) electrons. The predicted molar refractivity (Wildman–Crippen MR) is 106 cm³/mol. The summed E-state index contributed by atoms with van der Waals surface area (Å²) in [6, 6.07) is 3.50. The Hall–Kier alpha value is -2.75. The number of nitriles is 1. The van der Waals surface area contributed by atoms with Crippen LogP contribution in [0.2, 0.25) is 0 Å². The number of nitrogens with zero attached hydrogens (tertiary/aromatic N) is 2. The van der Waals surface area contributed by atoms with Gasteiger partial charge in [-0.05, 0) is 39.0 Å².